The third kappa shape index (κ3) is 2.51. The monoisotopic (exact) mass is 286 g/mol. The molecule has 0 spiro atoms. The normalized spacial score (nSPS) is 15.2. The van der Waals surface area contributed by atoms with Crippen LogP contribution in [-0.2, 0) is 0 Å². The molecule has 21 heavy (non-hydrogen) atoms. The molecule has 5 nitrogen and oxygen atoms in total. The van der Waals surface area contributed by atoms with E-state index in [2.05, 4.69) is 10.2 Å². The van der Waals surface area contributed by atoms with Gasteiger partial charge in [-0.3, -0.25) is 9.59 Å². The van der Waals surface area contributed by atoms with Crippen LogP contribution in [-0.4, -0.2) is 20.2 Å². The van der Waals surface area contributed by atoms with Crippen molar-refractivity contribution >= 4 is 17.1 Å². The Labute approximate surface area is 122 Å². The molecular formula is C16H18N2O3. The Balaban J connectivity index is 1.74. The van der Waals surface area contributed by atoms with E-state index in [-0.39, 0.29) is 11.4 Å². The zero-order valence-corrected chi connectivity index (χ0v) is 12.0. The van der Waals surface area contributed by atoms with Crippen LogP contribution in [0.3, 0.4) is 0 Å². The molecule has 0 aromatic heterocycles. The quantitative estimate of drug-likeness (QED) is 0.871. The lowest BCUT2D eigenvalue weighted by Gasteiger charge is -2.28. The Bertz CT molecular complexity index is 693. The van der Waals surface area contributed by atoms with Crippen molar-refractivity contribution in [3.05, 3.63) is 44.7 Å². The van der Waals surface area contributed by atoms with E-state index in [0.29, 0.717) is 0 Å². The Hall–Kier alpha value is -2.30. The Morgan fingerprint density at radius 1 is 1.00 bits per heavy atom. The van der Waals surface area contributed by atoms with Crippen molar-refractivity contribution in [3.63, 3.8) is 0 Å². The van der Waals surface area contributed by atoms with E-state index in [1.54, 1.807) is 0 Å². The average Bonchev–Trinajstić information content (AvgIpc) is 2.55. The molecule has 0 atom stereocenters. The van der Waals surface area contributed by atoms with Gasteiger partial charge in [0.25, 0.3) is 10.9 Å². The molecule has 1 fully saturated rings. The lowest BCUT2D eigenvalue weighted by atomic mass is 10.1. The molecule has 3 rings (SSSR count). The zero-order valence-electron chi connectivity index (χ0n) is 12.0. The molecule has 1 aliphatic heterocycles. The number of nitrogens with one attached hydrogen (secondary N) is 1. The predicted octanol–water partition coefficient (Wildman–Crippen LogP) is 2.03. The fraction of sp³-hybridized carbons (Fsp3) is 0.375. The smallest absolute Gasteiger partial charge is 0.272 e. The number of benzene rings is 1. The first-order valence-electron chi connectivity index (χ1n) is 7.20. The minimum atomic E-state index is -0.565. The maximum absolute atomic E-state index is 11.5. The van der Waals surface area contributed by atoms with Gasteiger partial charge >= 0.3 is 0 Å². The van der Waals surface area contributed by atoms with Crippen molar-refractivity contribution in [2.24, 2.45) is 0 Å². The van der Waals surface area contributed by atoms with Crippen molar-refractivity contribution in [1.82, 2.24) is 0 Å². The van der Waals surface area contributed by atoms with Crippen LogP contribution in [0, 0.1) is 0 Å². The van der Waals surface area contributed by atoms with Crippen molar-refractivity contribution in [1.29, 1.82) is 0 Å². The minimum Gasteiger partial charge on any atom is -0.491 e. The summed E-state index contributed by atoms with van der Waals surface area (Å²) in [6.07, 6.45) is 3.78. The molecule has 2 aromatic rings. The summed E-state index contributed by atoms with van der Waals surface area (Å²) in [4.78, 5) is 25.1. The van der Waals surface area contributed by atoms with Crippen LogP contribution in [0.15, 0.2) is 33.9 Å². The van der Waals surface area contributed by atoms with Crippen molar-refractivity contribution in [2.75, 3.05) is 30.4 Å². The summed E-state index contributed by atoms with van der Waals surface area (Å²) in [6.45, 7) is 2.19. The highest BCUT2D eigenvalue weighted by Gasteiger charge is 2.21. The fourth-order valence-electron chi connectivity index (χ4n) is 2.73. The number of nitrogens with zero attached hydrogens (tertiary/aromatic N) is 1. The van der Waals surface area contributed by atoms with Gasteiger partial charge in [-0.1, -0.05) is 0 Å². The summed E-state index contributed by atoms with van der Waals surface area (Å²) in [7, 11) is 1.39. The summed E-state index contributed by atoms with van der Waals surface area (Å²) >= 11 is 0. The van der Waals surface area contributed by atoms with E-state index in [4.69, 9.17) is 4.74 Å². The average molecular weight is 286 g/mol. The van der Waals surface area contributed by atoms with Gasteiger partial charge in [-0.05, 0) is 43.5 Å². The van der Waals surface area contributed by atoms with Crippen LogP contribution in [0.5, 0.6) is 5.75 Å². The molecule has 0 unspecified atom stereocenters. The molecule has 0 aliphatic carbocycles. The molecule has 1 heterocycles. The second-order valence-electron chi connectivity index (χ2n) is 5.29. The first-order chi connectivity index (χ1) is 10.2. The fourth-order valence-corrected chi connectivity index (χ4v) is 2.73. The second-order valence-corrected chi connectivity index (χ2v) is 5.29. The number of piperidine rings is 1. The topological polar surface area (TPSA) is 58.6 Å². The Morgan fingerprint density at radius 3 is 2.29 bits per heavy atom. The molecule has 0 bridgehead atoms. The van der Waals surface area contributed by atoms with E-state index in [1.165, 1.54) is 32.1 Å². The predicted molar refractivity (Wildman–Crippen MR) is 83.7 cm³/mol. The maximum atomic E-state index is 11.5. The number of ether oxygens (including phenoxy) is 1. The van der Waals surface area contributed by atoms with E-state index in [9.17, 15) is 9.59 Å². The van der Waals surface area contributed by atoms with Gasteiger partial charge in [-0.2, -0.15) is 0 Å². The maximum Gasteiger partial charge on any atom is 0.272 e. The van der Waals surface area contributed by atoms with Gasteiger partial charge in [0.2, 0.25) is 0 Å². The van der Waals surface area contributed by atoms with Gasteiger partial charge in [-0.15, -0.1) is 0 Å². The van der Waals surface area contributed by atoms with Crippen LogP contribution >= 0.6 is 0 Å². The van der Waals surface area contributed by atoms with Crippen LogP contribution in [0.25, 0.3) is 0 Å². The summed E-state index contributed by atoms with van der Waals surface area (Å²) in [6, 6.07) is 7.90. The third-order valence-electron chi connectivity index (χ3n) is 3.93. The van der Waals surface area contributed by atoms with Crippen LogP contribution in [0.1, 0.15) is 19.3 Å². The van der Waals surface area contributed by atoms with Crippen molar-refractivity contribution in [2.45, 2.75) is 19.3 Å². The summed E-state index contributed by atoms with van der Waals surface area (Å²) in [5.74, 6) is 0.111. The molecule has 2 aromatic carbocycles. The number of anilines is 3. The number of hydrogen-bond acceptors (Lipinski definition) is 5. The zero-order chi connectivity index (χ0) is 14.8. The first kappa shape index (κ1) is 13.7. The first-order valence-corrected chi connectivity index (χ1v) is 7.20. The lowest BCUT2D eigenvalue weighted by Crippen LogP contribution is -2.34. The Morgan fingerprint density at radius 2 is 1.67 bits per heavy atom. The molecule has 0 radical (unpaired) electrons. The molecule has 5 heteroatoms. The van der Waals surface area contributed by atoms with Gasteiger partial charge in [-0.25, -0.2) is 0 Å². The Kier molecular flexibility index (Phi) is 3.64. The minimum absolute atomic E-state index is 0.111. The van der Waals surface area contributed by atoms with Crippen molar-refractivity contribution < 1.29 is 4.74 Å². The number of hydrogen-bond donors (Lipinski definition) is 1. The highest BCUT2D eigenvalue weighted by molar-refractivity contribution is 5.70. The number of methoxy groups -OCH3 is 1. The van der Waals surface area contributed by atoms with Crippen LogP contribution < -0.4 is 25.8 Å². The van der Waals surface area contributed by atoms with E-state index in [1.807, 2.05) is 24.3 Å². The highest BCUT2D eigenvalue weighted by Crippen LogP contribution is 2.25. The molecule has 110 valence electrons. The van der Waals surface area contributed by atoms with E-state index >= 15 is 0 Å². The third-order valence-corrected chi connectivity index (χ3v) is 3.93. The number of rotatable bonds is 4. The van der Waals surface area contributed by atoms with Crippen molar-refractivity contribution in [3.8, 4) is 5.75 Å². The molecule has 1 aliphatic rings. The standard InChI is InChI=1S/C16H18N2O3/c1-21-16-13(14(19)15(16)20)17-11-5-7-12(8-6-11)18-9-3-2-4-10-18/h5-8,17H,2-4,9-10H2,1H3. The van der Waals surface area contributed by atoms with Crippen LogP contribution in [0.2, 0.25) is 0 Å². The molecule has 0 saturated carbocycles. The van der Waals surface area contributed by atoms with Gasteiger partial charge in [0.05, 0.1) is 7.11 Å². The van der Waals surface area contributed by atoms with E-state index < -0.39 is 10.9 Å². The lowest BCUT2D eigenvalue weighted by molar-refractivity contribution is 0.408. The van der Waals surface area contributed by atoms with Gasteiger partial charge in [0, 0.05) is 24.5 Å². The summed E-state index contributed by atoms with van der Waals surface area (Å²) in [5, 5.41) is 2.96. The molecular weight excluding hydrogens is 268 g/mol. The molecule has 1 saturated heterocycles. The summed E-state index contributed by atoms with van der Waals surface area (Å²) in [5.41, 5.74) is 1.13. The highest BCUT2D eigenvalue weighted by atomic mass is 16.5. The largest absolute Gasteiger partial charge is 0.491 e. The van der Waals surface area contributed by atoms with Gasteiger partial charge in [0.1, 0.15) is 5.69 Å². The molecule has 0 amide bonds. The summed E-state index contributed by atoms with van der Waals surface area (Å²) < 4.78 is 4.91. The van der Waals surface area contributed by atoms with Gasteiger partial charge in [0.15, 0.2) is 5.75 Å². The van der Waals surface area contributed by atoms with E-state index in [0.717, 1.165) is 18.8 Å². The molecule has 1 N–H and O–H groups in total. The second kappa shape index (κ2) is 5.60. The SMILES string of the molecule is COc1c(Nc2ccc(N3CCCCC3)cc2)c(=O)c1=O. The van der Waals surface area contributed by atoms with Crippen LogP contribution in [0.4, 0.5) is 17.1 Å². The van der Waals surface area contributed by atoms with Gasteiger partial charge < -0.3 is 15.0 Å².